The molecule has 1 N–H and O–H groups in total. The first kappa shape index (κ1) is 16.5. The van der Waals surface area contributed by atoms with Crippen molar-refractivity contribution in [1.29, 1.82) is 0 Å². The molecule has 0 bridgehead atoms. The molecule has 20 heavy (non-hydrogen) atoms. The first-order valence-corrected chi connectivity index (χ1v) is 5.94. The van der Waals surface area contributed by atoms with E-state index in [-0.39, 0.29) is 39.7 Å². The van der Waals surface area contributed by atoms with Crippen molar-refractivity contribution in [2.75, 3.05) is 5.32 Å². The Labute approximate surface area is 131 Å². The summed E-state index contributed by atoms with van der Waals surface area (Å²) in [7, 11) is 0. The number of hydrogen-bond donors (Lipinski definition) is 1. The number of halogens is 2. The number of hydrogen-bond acceptors (Lipinski definition) is 1. The minimum absolute atomic E-state index is 0. The smallest absolute Gasteiger partial charge is 0.224 e. The second-order valence-corrected chi connectivity index (χ2v) is 4.16. The van der Waals surface area contributed by atoms with Crippen LogP contribution in [-0.2, 0) is 32.9 Å². The molecule has 1 amide bonds. The van der Waals surface area contributed by atoms with Gasteiger partial charge in [-0.25, -0.2) is 8.78 Å². The van der Waals surface area contributed by atoms with E-state index in [0.29, 0.717) is 6.42 Å². The van der Waals surface area contributed by atoms with E-state index in [9.17, 15) is 13.6 Å². The number of anilines is 1. The fourth-order valence-corrected chi connectivity index (χ4v) is 1.71. The van der Waals surface area contributed by atoms with Crippen molar-refractivity contribution in [1.82, 2.24) is 0 Å². The average Bonchev–Trinajstić information content (AvgIpc) is 2.41. The first-order chi connectivity index (χ1) is 9.15. The van der Waals surface area contributed by atoms with E-state index in [2.05, 4.69) is 5.32 Å². The van der Waals surface area contributed by atoms with E-state index < -0.39 is 11.6 Å². The summed E-state index contributed by atoms with van der Waals surface area (Å²) in [4.78, 5) is 11.7. The van der Waals surface area contributed by atoms with Crippen molar-refractivity contribution >= 4 is 11.6 Å². The van der Waals surface area contributed by atoms with Crippen LogP contribution in [0.1, 0.15) is 12.0 Å². The summed E-state index contributed by atoms with van der Waals surface area (Å²) < 4.78 is 26.0. The number of amides is 1. The third-order valence-corrected chi connectivity index (χ3v) is 2.69. The van der Waals surface area contributed by atoms with Crippen LogP contribution in [0, 0.1) is 11.6 Å². The Morgan fingerprint density at radius 2 is 1.75 bits per heavy atom. The van der Waals surface area contributed by atoms with Gasteiger partial charge in [0.05, 0.1) is 5.69 Å². The zero-order chi connectivity index (χ0) is 13.7. The van der Waals surface area contributed by atoms with Crippen LogP contribution in [0.3, 0.4) is 0 Å². The Kier molecular flexibility index (Phi) is 6.55. The zero-order valence-electron chi connectivity index (χ0n) is 10.7. The normalized spacial score (nSPS) is 9.70. The number of rotatable bonds is 4. The molecule has 0 saturated carbocycles. The van der Waals surface area contributed by atoms with Gasteiger partial charge in [-0.1, -0.05) is 30.3 Å². The fraction of sp³-hybridized carbons (Fsp3) is 0.133. The molecule has 0 aliphatic carbocycles. The van der Waals surface area contributed by atoms with Crippen LogP contribution in [0.4, 0.5) is 14.5 Å². The molecule has 2 rings (SSSR count). The molecule has 5 heteroatoms. The van der Waals surface area contributed by atoms with Gasteiger partial charge < -0.3 is 5.32 Å². The Morgan fingerprint density at radius 1 is 1.05 bits per heavy atom. The molecule has 0 aliphatic heterocycles. The molecule has 0 spiro atoms. The van der Waals surface area contributed by atoms with Crippen molar-refractivity contribution in [2.45, 2.75) is 12.8 Å². The van der Waals surface area contributed by atoms with Crippen LogP contribution in [0.5, 0.6) is 0 Å². The molecule has 2 aromatic rings. The van der Waals surface area contributed by atoms with Crippen molar-refractivity contribution in [2.24, 2.45) is 0 Å². The first-order valence-electron chi connectivity index (χ1n) is 5.94. The van der Waals surface area contributed by atoms with Gasteiger partial charge in [0.25, 0.3) is 0 Å². The molecule has 0 atom stereocenters. The van der Waals surface area contributed by atoms with E-state index in [1.54, 1.807) is 0 Å². The molecule has 0 aliphatic rings. The van der Waals surface area contributed by atoms with E-state index >= 15 is 0 Å². The van der Waals surface area contributed by atoms with Gasteiger partial charge in [0, 0.05) is 34.2 Å². The Morgan fingerprint density at radius 3 is 2.40 bits per heavy atom. The van der Waals surface area contributed by atoms with Crippen LogP contribution in [0.15, 0.2) is 48.5 Å². The van der Waals surface area contributed by atoms with E-state index in [1.807, 2.05) is 30.3 Å². The van der Waals surface area contributed by atoms with E-state index in [0.717, 1.165) is 17.7 Å². The van der Waals surface area contributed by atoms with Gasteiger partial charge in [0.1, 0.15) is 11.6 Å². The fourth-order valence-electron chi connectivity index (χ4n) is 1.71. The molecule has 0 saturated heterocycles. The maximum absolute atomic E-state index is 13.3. The predicted octanol–water partition coefficient (Wildman–Crippen LogP) is 3.53. The molecular formula is C15H13F2NOTi. The van der Waals surface area contributed by atoms with E-state index in [4.69, 9.17) is 0 Å². The van der Waals surface area contributed by atoms with E-state index in [1.165, 1.54) is 6.07 Å². The zero-order valence-corrected chi connectivity index (χ0v) is 12.3. The van der Waals surface area contributed by atoms with Gasteiger partial charge in [-0.2, -0.15) is 0 Å². The average molecular weight is 309 g/mol. The molecule has 0 fully saturated rings. The largest absolute Gasteiger partial charge is 0.324 e. The molecule has 2 nitrogen and oxygen atoms in total. The summed E-state index contributed by atoms with van der Waals surface area (Å²) in [6, 6.07) is 12.6. The molecule has 0 aromatic heterocycles. The topological polar surface area (TPSA) is 29.1 Å². The van der Waals surface area contributed by atoms with Gasteiger partial charge in [-0.3, -0.25) is 4.79 Å². The third-order valence-electron chi connectivity index (χ3n) is 2.69. The van der Waals surface area contributed by atoms with Crippen LogP contribution >= 0.6 is 0 Å². The van der Waals surface area contributed by atoms with Crippen LogP contribution in [0.2, 0.25) is 0 Å². The number of aryl methyl sites for hydroxylation is 1. The van der Waals surface area contributed by atoms with Crippen molar-refractivity contribution in [3.05, 3.63) is 65.7 Å². The molecule has 2 aromatic carbocycles. The standard InChI is InChI=1S/C15H13F2NO.Ti/c16-12-7-8-14(13(17)10-12)18-15(19)9-6-11-4-2-1-3-5-11;/h1-5,7-8,10H,6,9H2,(H,18,19);. The molecular weight excluding hydrogens is 296 g/mol. The Balaban J connectivity index is 0.00000200. The molecule has 0 heterocycles. The SMILES string of the molecule is O=C(CCc1ccccc1)Nc1ccc(F)cc1F.[Ti]. The third kappa shape index (κ3) is 4.87. The van der Waals surface area contributed by atoms with Gasteiger partial charge in [0.2, 0.25) is 5.91 Å². The quantitative estimate of drug-likeness (QED) is 0.860. The van der Waals surface area contributed by atoms with Gasteiger partial charge in [-0.05, 0) is 24.1 Å². The number of carbonyl (C=O) groups is 1. The number of nitrogens with one attached hydrogen (secondary N) is 1. The summed E-state index contributed by atoms with van der Waals surface area (Å²) in [5.41, 5.74) is 1.04. The molecule has 102 valence electrons. The van der Waals surface area contributed by atoms with Gasteiger partial charge in [-0.15, -0.1) is 0 Å². The van der Waals surface area contributed by atoms with Gasteiger partial charge >= 0.3 is 0 Å². The van der Waals surface area contributed by atoms with Crippen molar-refractivity contribution < 1.29 is 35.3 Å². The summed E-state index contributed by atoms with van der Waals surface area (Å²) in [6.07, 6.45) is 0.830. The Bertz CT molecular complexity index is 575. The second kappa shape index (κ2) is 7.93. The number of benzene rings is 2. The van der Waals surface area contributed by atoms with Gasteiger partial charge in [0.15, 0.2) is 0 Å². The minimum atomic E-state index is -0.770. The minimum Gasteiger partial charge on any atom is -0.324 e. The summed E-state index contributed by atoms with van der Waals surface area (Å²) in [5.74, 6) is -1.73. The number of carbonyl (C=O) groups excluding carboxylic acids is 1. The maximum Gasteiger partial charge on any atom is 0.224 e. The second-order valence-electron chi connectivity index (χ2n) is 4.16. The summed E-state index contributed by atoms with van der Waals surface area (Å²) in [6.45, 7) is 0. The predicted molar refractivity (Wildman–Crippen MR) is 69.8 cm³/mol. The van der Waals surface area contributed by atoms with Crippen molar-refractivity contribution in [3.8, 4) is 0 Å². The van der Waals surface area contributed by atoms with Crippen LogP contribution in [0.25, 0.3) is 0 Å². The summed E-state index contributed by atoms with van der Waals surface area (Å²) in [5, 5.41) is 2.43. The monoisotopic (exact) mass is 309 g/mol. The Hall–Kier alpha value is -1.52. The molecule has 0 radical (unpaired) electrons. The maximum atomic E-state index is 13.3. The van der Waals surface area contributed by atoms with Crippen LogP contribution in [-0.4, -0.2) is 5.91 Å². The van der Waals surface area contributed by atoms with Crippen molar-refractivity contribution in [3.63, 3.8) is 0 Å². The summed E-state index contributed by atoms with van der Waals surface area (Å²) >= 11 is 0. The molecule has 0 unspecified atom stereocenters. The van der Waals surface area contributed by atoms with Crippen LogP contribution < -0.4 is 5.32 Å².